The zero-order valence-corrected chi connectivity index (χ0v) is 18.6. The molecule has 0 aliphatic carbocycles. The molecule has 7 nitrogen and oxygen atoms in total. The van der Waals surface area contributed by atoms with Gasteiger partial charge in [0.05, 0.1) is 15.6 Å². The summed E-state index contributed by atoms with van der Waals surface area (Å²) in [5.74, 6) is -0.788. The van der Waals surface area contributed by atoms with Gasteiger partial charge in [0.1, 0.15) is 5.75 Å². The highest BCUT2D eigenvalue weighted by atomic mass is 35.5. The summed E-state index contributed by atoms with van der Waals surface area (Å²) in [6.07, 6.45) is 2.67. The average molecular weight is 470 g/mol. The number of carbonyl (C=O) groups is 1. The maximum atomic E-state index is 12.8. The van der Waals surface area contributed by atoms with Gasteiger partial charge in [-0.15, -0.1) is 0 Å². The van der Waals surface area contributed by atoms with E-state index in [0.717, 1.165) is 19.3 Å². The molecule has 1 aliphatic heterocycles. The largest absolute Gasteiger partial charge is 0.506 e. The molecule has 0 saturated carbocycles. The summed E-state index contributed by atoms with van der Waals surface area (Å²) in [7, 11) is -3.65. The number of hydrazone groups is 1. The number of hydrogen-bond donors (Lipinski definition) is 2. The predicted molar refractivity (Wildman–Crippen MR) is 117 cm³/mol. The molecule has 160 valence electrons. The summed E-state index contributed by atoms with van der Waals surface area (Å²) in [5, 5.41) is 14.4. The normalized spacial score (nSPS) is 15.8. The molecular weight excluding hydrogens is 449 g/mol. The van der Waals surface area contributed by atoms with Gasteiger partial charge in [-0.2, -0.15) is 9.41 Å². The van der Waals surface area contributed by atoms with Crippen molar-refractivity contribution in [3.63, 3.8) is 0 Å². The highest BCUT2D eigenvalue weighted by molar-refractivity contribution is 7.89. The Morgan fingerprint density at radius 1 is 1.13 bits per heavy atom. The van der Waals surface area contributed by atoms with Crippen molar-refractivity contribution < 1.29 is 18.3 Å². The quantitative estimate of drug-likeness (QED) is 0.509. The standard InChI is InChI=1S/C20H21Cl2N3O4S/c1-13(17-11-15(21)12-18(22)19(17)26)23-24-20(27)14-6-5-7-16(10-14)30(28,29)25-8-3-2-4-9-25/h5-7,10-12,26H,2-4,8-9H2,1H3,(H,24,27). The number of halogens is 2. The fourth-order valence-electron chi connectivity index (χ4n) is 3.15. The van der Waals surface area contributed by atoms with Gasteiger partial charge in [0.25, 0.3) is 5.91 Å². The van der Waals surface area contributed by atoms with Gasteiger partial charge in [0, 0.05) is 29.2 Å². The van der Waals surface area contributed by atoms with Crippen LogP contribution in [0.2, 0.25) is 10.0 Å². The van der Waals surface area contributed by atoms with Crippen molar-refractivity contribution in [1.29, 1.82) is 0 Å². The fourth-order valence-corrected chi connectivity index (χ4v) is 5.21. The number of sulfonamides is 1. The molecule has 0 bridgehead atoms. The van der Waals surface area contributed by atoms with Gasteiger partial charge in [-0.1, -0.05) is 35.7 Å². The SMILES string of the molecule is CC(=NNC(=O)c1cccc(S(=O)(=O)N2CCCCC2)c1)c1cc(Cl)cc(Cl)c1O. The van der Waals surface area contributed by atoms with Gasteiger partial charge < -0.3 is 5.11 Å². The monoisotopic (exact) mass is 469 g/mol. The molecule has 1 fully saturated rings. The maximum Gasteiger partial charge on any atom is 0.271 e. The topological polar surface area (TPSA) is 99.1 Å². The molecule has 0 aromatic heterocycles. The molecule has 2 aromatic carbocycles. The minimum atomic E-state index is -3.65. The number of piperidine rings is 1. The molecule has 10 heteroatoms. The second-order valence-corrected chi connectivity index (χ2v) is 9.70. The highest BCUT2D eigenvalue weighted by Gasteiger charge is 2.26. The Morgan fingerprint density at radius 3 is 2.53 bits per heavy atom. The van der Waals surface area contributed by atoms with E-state index in [9.17, 15) is 18.3 Å². The van der Waals surface area contributed by atoms with Crippen molar-refractivity contribution >= 4 is 44.8 Å². The Labute approximate surface area is 185 Å². The van der Waals surface area contributed by atoms with Gasteiger partial charge >= 0.3 is 0 Å². The van der Waals surface area contributed by atoms with Crippen LogP contribution < -0.4 is 5.43 Å². The molecule has 0 spiro atoms. The van der Waals surface area contributed by atoms with Gasteiger partial charge in [-0.05, 0) is 50.1 Å². The van der Waals surface area contributed by atoms with Crippen molar-refractivity contribution in [2.45, 2.75) is 31.1 Å². The number of carbonyl (C=O) groups excluding carboxylic acids is 1. The van der Waals surface area contributed by atoms with Crippen molar-refractivity contribution in [3.8, 4) is 5.75 Å². The van der Waals surface area contributed by atoms with Crippen LogP contribution in [0.1, 0.15) is 42.1 Å². The van der Waals surface area contributed by atoms with E-state index in [4.69, 9.17) is 23.2 Å². The van der Waals surface area contributed by atoms with Crippen LogP contribution in [-0.2, 0) is 10.0 Å². The predicted octanol–water partition coefficient (Wildman–Crippen LogP) is 4.03. The third-order valence-electron chi connectivity index (χ3n) is 4.79. The lowest BCUT2D eigenvalue weighted by molar-refractivity contribution is 0.0954. The van der Waals surface area contributed by atoms with Gasteiger partial charge in [-0.25, -0.2) is 13.8 Å². The van der Waals surface area contributed by atoms with Crippen LogP contribution in [0.3, 0.4) is 0 Å². The third-order valence-corrected chi connectivity index (χ3v) is 7.19. The first-order chi connectivity index (χ1) is 14.2. The molecule has 3 rings (SSSR count). The maximum absolute atomic E-state index is 12.8. The number of benzene rings is 2. The zero-order chi connectivity index (χ0) is 21.9. The average Bonchev–Trinajstić information content (AvgIpc) is 2.75. The first-order valence-corrected chi connectivity index (χ1v) is 11.5. The summed E-state index contributed by atoms with van der Waals surface area (Å²) in [4.78, 5) is 12.6. The number of phenols is 1. The number of nitrogens with zero attached hydrogens (tertiary/aromatic N) is 2. The molecule has 1 heterocycles. The van der Waals surface area contributed by atoms with Crippen LogP contribution in [0.15, 0.2) is 46.4 Å². The van der Waals surface area contributed by atoms with Crippen LogP contribution in [-0.4, -0.2) is 42.5 Å². The molecule has 0 atom stereocenters. The molecule has 1 saturated heterocycles. The Kier molecular flexibility index (Phi) is 7.02. The van der Waals surface area contributed by atoms with Crippen molar-refractivity contribution in [3.05, 3.63) is 57.6 Å². The number of phenolic OH excluding ortho intramolecular Hbond substituents is 1. The van der Waals surface area contributed by atoms with Gasteiger partial charge in [0.2, 0.25) is 10.0 Å². The summed E-state index contributed by atoms with van der Waals surface area (Å²) in [6.45, 7) is 2.53. The number of hydrogen-bond acceptors (Lipinski definition) is 5. The molecule has 0 radical (unpaired) electrons. The van der Waals surface area contributed by atoms with Crippen LogP contribution in [0, 0.1) is 0 Å². The third kappa shape index (κ3) is 4.95. The Morgan fingerprint density at radius 2 is 1.83 bits per heavy atom. The second-order valence-electron chi connectivity index (χ2n) is 6.91. The molecule has 1 amide bonds. The van der Waals surface area contributed by atoms with E-state index in [1.54, 1.807) is 6.92 Å². The van der Waals surface area contributed by atoms with E-state index >= 15 is 0 Å². The number of amides is 1. The van der Waals surface area contributed by atoms with E-state index in [0.29, 0.717) is 18.1 Å². The molecule has 2 N–H and O–H groups in total. The molecule has 0 unspecified atom stereocenters. The van der Waals surface area contributed by atoms with Gasteiger partial charge in [-0.3, -0.25) is 4.79 Å². The summed E-state index contributed by atoms with van der Waals surface area (Å²) in [5.41, 5.74) is 3.07. The van der Waals surface area contributed by atoms with E-state index in [2.05, 4.69) is 10.5 Å². The first kappa shape index (κ1) is 22.6. The molecule has 1 aliphatic rings. The lowest BCUT2D eigenvalue weighted by atomic mass is 10.1. The summed E-state index contributed by atoms with van der Waals surface area (Å²) < 4.78 is 27.1. The second kappa shape index (κ2) is 9.34. The smallest absolute Gasteiger partial charge is 0.271 e. The van der Waals surface area contributed by atoms with Crippen LogP contribution in [0.4, 0.5) is 0 Å². The minimum Gasteiger partial charge on any atom is -0.506 e. The first-order valence-electron chi connectivity index (χ1n) is 9.33. The Bertz CT molecular complexity index is 1100. The molecule has 2 aromatic rings. The van der Waals surface area contributed by atoms with Crippen LogP contribution in [0.5, 0.6) is 5.75 Å². The Hall–Kier alpha value is -2.13. The number of aromatic hydroxyl groups is 1. The highest BCUT2D eigenvalue weighted by Crippen LogP contribution is 2.31. The molecule has 30 heavy (non-hydrogen) atoms. The van der Waals surface area contributed by atoms with Crippen LogP contribution >= 0.6 is 23.2 Å². The summed E-state index contributed by atoms with van der Waals surface area (Å²) >= 11 is 11.9. The fraction of sp³-hybridized carbons (Fsp3) is 0.300. The Balaban J connectivity index is 1.80. The minimum absolute atomic E-state index is 0.0639. The lowest BCUT2D eigenvalue weighted by Gasteiger charge is -2.25. The van der Waals surface area contributed by atoms with E-state index in [1.165, 1.54) is 40.7 Å². The van der Waals surface area contributed by atoms with Crippen molar-refractivity contribution in [1.82, 2.24) is 9.73 Å². The zero-order valence-electron chi connectivity index (χ0n) is 16.2. The van der Waals surface area contributed by atoms with E-state index < -0.39 is 15.9 Å². The molecular formula is C20H21Cl2N3O4S. The lowest BCUT2D eigenvalue weighted by Crippen LogP contribution is -2.35. The van der Waals surface area contributed by atoms with E-state index in [-0.39, 0.29) is 32.5 Å². The van der Waals surface area contributed by atoms with Gasteiger partial charge in [0.15, 0.2) is 0 Å². The summed E-state index contributed by atoms with van der Waals surface area (Å²) in [6, 6.07) is 8.69. The number of rotatable bonds is 5. The van der Waals surface area contributed by atoms with Crippen molar-refractivity contribution in [2.24, 2.45) is 5.10 Å². The number of nitrogens with one attached hydrogen (secondary N) is 1. The van der Waals surface area contributed by atoms with Crippen LogP contribution in [0.25, 0.3) is 0 Å². The van der Waals surface area contributed by atoms with Crippen molar-refractivity contribution in [2.75, 3.05) is 13.1 Å². The van der Waals surface area contributed by atoms with E-state index in [1.807, 2.05) is 0 Å².